The van der Waals surface area contributed by atoms with E-state index in [1.165, 1.54) is 6.92 Å². The summed E-state index contributed by atoms with van der Waals surface area (Å²) in [6.45, 7) is 7.13. The molecule has 3 N–H and O–H groups in total. The second-order valence-electron chi connectivity index (χ2n) is 6.61. The monoisotopic (exact) mass is 399 g/mol. The van der Waals surface area contributed by atoms with E-state index in [1.54, 1.807) is 6.92 Å². The van der Waals surface area contributed by atoms with Gasteiger partial charge in [0.15, 0.2) is 5.58 Å². The Morgan fingerprint density at radius 2 is 1.83 bits per heavy atom. The van der Waals surface area contributed by atoms with Gasteiger partial charge in [-0.1, -0.05) is 5.16 Å². The number of furan rings is 1. The fraction of sp³-hybridized carbons (Fsp3) is 0.300. The molecule has 3 aromatic rings. The van der Waals surface area contributed by atoms with Crippen molar-refractivity contribution in [2.75, 3.05) is 11.9 Å². The van der Waals surface area contributed by atoms with Crippen molar-refractivity contribution in [2.24, 2.45) is 5.73 Å². The maximum absolute atomic E-state index is 12.5. The molecule has 9 nitrogen and oxygen atoms in total. The van der Waals surface area contributed by atoms with Crippen molar-refractivity contribution < 1.29 is 28.1 Å². The third-order valence-corrected chi connectivity index (χ3v) is 4.55. The molecule has 0 unspecified atom stereocenters. The molecule has 2 amide bonds. The quantitative estimate of drug-likeness (QED) is 0.608. The van der Waals surface area contributed by atoms with Crippen LogP contribution in [0.3, 0.4) is 0 Å². The molecule has 0 aliphatic rings. The molecule has 0 aliphatic heterocycles. The molecule has 2 aromatic heterocycles. The van der Waals surface area contributed by atoms with Crippen molar-refractivity contribution in [3.63, 3.8) is 0 Å². The Morgan fingerprint density at radius 1 is 1.14 bits per heavy atom. The van der Waals surface area contributed by atoms with Gasteiger partial charge in [0.25, 0.3) is 5.91 Å². The Balaban J connectivity index is 1.88. The molecule has 9 heteroatoms. The molecule has 0 saturated heterocycles. The van der Waals surface area contributed by atoms with Gasteiger partial charge in [0.1, 0.15) is 22.6 Å². The minimum absolute atomic E-state index is 0.104. The lowest BCUT2D eigenvalue weighted by Gasteiger charge is -2.04. The van der Waals surface area contributed by atoms with E-state index in [2.05, 4.69) is 10.5 Å². The van der Waals surface area contributed by atoms with Crippen LogP contribution in [0, 0.1) is 20.8 Å². The molecule has 0 spiro atoms. The van der Waals surface area contributed by atoms with E-state index >= 15 is 0 Å². The lowest BCUT2D eigenvalue weighted by Crippen LogP contribution is -2.21. The second-order valence-corrected chi connectivity index (χ2v) is 6.61. The number of anilines is 1. The molecular weight excluding hydrogens is 378 g/mol. The Hall–Kier alpha value is -3.62. The van der Waals surface area contributed by atoms with Crippen LogP contribution in [0.2, 0.25) is 0 Å². The number of primary amides is 1. The summed E-state index contributed by atoms with van der Waals surface area (Å²) in [5.74, 6) is -2.27. The first-order chi connectivity index (χ1) is 13.7. The summed E-state index contributed by atoms with van der Waals surface area (Å²) in [5, 5.41) is 7.17. The molecular formula is C20H21N3O6. The Morgan fingerprint density at radius 3 is 2.48 bits per heavy atom. The van der Waals surface area contributed by atoms with E-state index in [4.69, 9.17) is 19.4 Å². The summed E-state index contributed by atoms with van der Waals surface area (Å²) in [5.41, 5.74) is 8.17. The largest absolute Gasteiger partial charge is 0.462 e. The molecule has 0 atom stereocenters. The zero-order chi connectivity index (χ0) is 21.3. The van der Waals surface area contributed by atoms with Crippen LogP contribution in [0.5, 0.6) is 0 Å². The van der Waals surface area contributed by atoms with Crippen molar-refractivity contribution >= 4 is 34.6 Å². The number of aromatic nitrogens is 1. The van der Waals surface area contributed by atoms with E-state index < -0.39 is 17.8 Å². The lowest BCUT2D eigenvalue weighted by atomic mass is 10.1. The van der Waals surface area contributed by atoms with Gasteiger partial charge in [-0.25, -0.2) is 4.79 Å². The molecule has 3 rings (SSSR count). The average molecular weight is 399 g/mol. The summed E-state index contributed by atoms with van der Waals surface area (Å²) < 4.78 is 15.6. The number of hydrogen-bond acceptors (Lipinski definition) is 7. The SMILES string of the molecule is CCOC(=O)c1c(C)oc(NC(=O)Cc2noc3cc(C)c(C)cc23)c1C(N)=O. The summed E-state index contributed by atoms with van der Waals surface area (Å²) >= 11 is 0. The third kappa shape index (κ3) is 3.84. The highest BCUT2D eigenvalue weighted by Crippen LogP contribution is 2.28. The molecule has 1 aromatic carbocycles. The number of nitrogens with two attached hydrogens (primary N) is 1. The molecule has 29 heavy (non-hydrogen) atoms. The predicted molar refractivity (Wildman–Crippen MR) is 104 cm³/mol. The number of carbonyl (C=O) groups excluding carboxylic acids is 3. The van der Waals surface area contributed by atoms with Crippen LogP contribution in [0.15, 0.2) is 21.1 Å². The number of ether oxygens (including phenoxy) is 1. The van der Waals surface area contributed by atoms with Crippen molar-refractivity contribution in [1.82, 2.24) is 5.16 Å². The standard InChI is InChI=1S/C20H21N3O6/c1-5-27-20(26)16-11(4)28-19(17(16)18(21)25)22-15(24)8-13-12-6-9(2)10(3)7-14(12)29-23-13/h6-7H,5,8H2,1-4H3,(H2,21,25)(H,22,24). The van der Waals surface area contributed by atoms with Crippen molar-refractivity contribution in [3.05, 3.63) is 45.8 Å². The molecule has 152 valence electrons. The Bertz CT molecular complexity index is 1130. The van der Waals surface area contributed by atoms with E-state index in [0.29, 0.717) is 11.3 Å². The first-order valence-electron chi connectivity index (χ1n) is 8.98. The molecule has 0 radical (unpaired) electrons. The highest BCUT2D eigenvalue weighted by Gasteiger charge is 2.29. The van der Waals surface area contributed by atoms with Crippen LogP contribution in [-0.2, 0) is 16.0 Å². The zero-order valence-electron chi connectivity index (χ0n) is 16.5. The van der Waals surface area contributed by atoms with Crippen LogP contribution in [0.1, 0.15) is 50.2 Å². The molecule has 0 aliphatic carbocycles. The number of aryl methyl sites for hydroxylation is 3. The highest BCUT2D eigenvalue weighted by molar-refractivity contribution is 6.10. The van der Waals surface area contributed by atoms with Crippen LogP contribution in [0.25, 0.3) is 11.0 Å². The average Bonchev–Trinajstić information content (AvgIpc) is 3.16. The van der Waals surface area contributed by atoms with Crippen LogP contribution < -0.4 is 11.1 Å². The molecule has 0 fully saturated rings. The summed E-state index contributed by atoms with van der Waals surface area (Å²) in [6.07, 6.45) is -0.123. The maximum atomic E-state index is 12.5. The van der Waals surface area contributed by atoms with Crippen molar-refractivity contribution in [2.45, 2.75) is 34.1 Å². The predicted octanol–water partition coefficient (Wildman–Crippen LogP) is 2.80. The van der Waals surface area contributed by atoms with Crippen LogP contribution in [-0.4, -0.2) is 29.5 Å². The maximum Gasteiger partial charge on any atom is 0.342 e. The fourth-order valence-electron chi connectivity index (χ4n) is 3.01. The number of fused-ring (bicyclic) bond motifs is 1. The number of nitrogens with zero attached hydrogens (tertiary/aromatic N) is 1. The van der Waals surface area contributed by atoms with Gasteiger partial charge in [0.05, 0.1) is 13.0 Å². The van der Waals surface area contributed by atoms with Crippen molar-refractivity contribution in [3.8, 4) is 0 Å². The van der Waals surface area contributed by atoms with Gasteiger partial charge < -0.3 is 19.4 Å². The van der Waals surface area contributed by atoms with E-state index in [1.807, 2.05) is 26.0 Å². The molecule has 0 bridgehead atoms. The zero-order valence-corrected chi connectivity index (χ0v) is 16.5. The number of hydrogen-bond donors (Lipinski definition) is 2. The van der Waals surface area contributed by atoms with Crippen LogP contribution in [0.4, 0.5) is 5.88 Å². The first-order valence-corrected chi connectivity index (χ1v) is 8.98. The van der Waals surface area contributed by atoms with Crippen LogP contribution >= 0.6 is 0 Å². The molecule has 0 saturated carbocycles. The number of benzene rings is 1. The van der Waals surface area contributed by atoms with E-state index in [-0.39, 0.29) is 35.8 Å². The van der Waals surface area contributed by atoms with Crippen molar-refractivity contribution in [1.29, 1.82) is 0 Å². The van der Waals surface area contributed by atoms with Gasteiger partial charge >= 0.3 is 5.97 Å². The number of carbonyl (C=O) groups is 3. The van der Waals surface area contributed by atoms with E-state index in [9.17, 15) is 14.4 Å². The smallest absolute Gasteiger partial charge is 0.342 e. The highest BCUT2D eigenvalue weighted by atomic mass is 16.5. The fourth-order valence-corrected chi connectivity index (χ4v) is 3.01. The number of rotatable bonds is 6. The third-order valence-electron chi connectivity index (χ3n) is 4.55. The number of amides is 2. The minimum Gasteiger partial charge on any atom is -0.462 e. The van der Waals surface area contributed by atoms with Gasteiger partial charge in [0, 0.05) is 5.39 Å². The first kappa shape index (κ1) is 20.1. The minimum atomic E-state index is -0.918. The van der Waals surface area contributed by atoms with Gasteiger partial charge in [0.2, 0.25) is 11.8 Å². The van der Waals surface area contributed by atoms with Gasteiger partial charge in [-0.2, -0.15) is 0 Å². The van der Waals surface area contributed by atoms with Gasteiger partial charge in [-0.3, -0.25) is 14.9 Å². The van der Waals surface area contributed by atoms with E-state index in [0.717, 1.165) is 16.5 Å². The normalized spacial score (nSPS) is 10.9. The topological polar surface area (TPSA) is 138 Å². The van der Waals surface area contributed by atoms with Gasteiger partial charge in [-0.15, -0.1) is 0 Å². The van der Waals surface area contributed by atoms with Gasteiger partial charge in [-0.05, 0) is 51.0 Å². The number of esters is 1. The summed E-state index contributed by atoms with van der Waals surface area (Å²) in [6, 6.07) is 3.75. The summed E-state index contributed by atoms with van der Waals surface area (Å²) in [4.78, 5) is 36.6. The Kier molecular flexibility index (Phi) is 5.40. The number of nitrogens with one attached hydrogen (secondary N) is 1. The summed E-state index contributed by atoms with van der Waals surface area (Å²) in [7, 11) is 0. The molecule has 2 heterocycles. The second kappa shape index (κ2) is 7.78. The lowest BCUT2D eigenvalue weighted by molar-refractivity contribution is -0.115. The Labute approximate surface area is 166 Å².